The fraction of sp³-hybridized carbons (Fsp3) is 0.682. The Morgan fingerprint density at radius 2 is 0.673 bits per heavy atom. The van der Waals surface area contributed by atoms with Gasteiger partial charge in [0.1, 0.15) is 0 Å². The molecule has 0 bridgehead atoms. The molecule has 0 aliphatic carbocycles. The molecule has 0 fully saturated rings. The van der Waals surface area contributed by atoms with Crippen molar-refractivity contribution < 1.29 is 38.9 Å². The smallest absolute Gasteiger partial charge is 0.343 e. The number of ether oxygens (including phenoxy) is 2. The lowest BCUT2D eigenvalue weighted by Crippen LogP contribution is -2.17. The summed E-state index contributed by atoms with van der Waals surface area (Å²) in [5, 5.41) is 19.2. The molecule has 1 aromatic carbocycles. The van der Waals surface area contributed by atoms with Crippen molar-refractivity contribution in [2.75, 3.05) is 0 Å². The molecule has 8 heteroatoms. The summed E-state index contributed by atoms with van der Waals surface area (Å²) in [6.45, 7) is 4.49. The van der Waals surface area contributed by atoms with Crippen LogP contribution in [0.3, 0.4) is 0 Å². The van der Waals surface area contributed by atoms with Crippen LogP contribution in [0.25, 0.3) is 0 Å². The molecule has 0 aromatic heterocycles. The molecule has 0 saturated heterocycles. The van der Waals surface area contributed by atoms with E-state index in [4.69, 9.17) is 9.47 Å². The second kappa shape index (κ2) is 32.2. The van der Waals surface area contributed by atoms with E-state index in [1.54, 1.807) is 12.2 Å². The predicted octanol–water partition coefficient (Wildman–Crippen LogP) is 13.4. The van der Waals surface area contributed by atoms with Gasteiger partial charge in [0.05, 0.1) is 34.8 Å². The zero-order valence-electron chi connectivity index (χ0n) is 32.6. The number of esters is 2. The molecule has 1 aromatic rings. The molecule has 2 N–H and O–H groups in total. The van der Waals surface area contributed by atoms with E-state index in [9.17, 15) is 29.4 Å². The van der Waals surface area contributed by atoms with Crippen molar-refractivity contribution in [1.82, 2.24) is 0 Å². The number of hydrogen-bond donors (Lipinski definition) is 2. The molecule has 1 rings (SSSR count). The van der Waals surface area contributed by atoms with E-state index in [1.807, 2.05) is 0 Å². The molecule has 0 heterocycles. The average Bonchev–Trinajstić information content (AvgIpc) is 3.13. The number of aromatic carboxylic acids is 2. The minimum Gasteiger partial charge on any atom is -0.478 e. The minimum atomic E-state index is -1.54. The van der Waals surface area contributed by atoms with Crippen molar-refractivity contribution in [2.45, 2.75) is 194 Å². The molecular formula is C44H70O8. The molecule has 0 radical (unpaired) electrons. The van der Waals surface area contributed by atoms with Crippen LogP contribution >= 0.6 is 0 Å². The Bertz CT molecular complexity index is 1090. The normalized spacial score (nSPS) is 11.4. The zero-order chi connectivity index (χ0) is 38.1. The van der Waals surface area contributed by atoms with Crippen LogP contribution in [0.1, 0.15) is 235 Å². The van der Waals surface area contributed by atoms with Crippen molar-refractivity contribution >= 4 is 23.9 Å². The highest BCUT2D eigenvalue weighted by Gasteiger charge is 2.27. The maximum absolute atomic E-state index is 13.0. The first-order valence-electron chi connectivity index (χ1n) is 20.7. The van der Waals surface area contributed by atoms with Crippen molar-refractivity contribution in [3.8, 4) is 0 Å². The van der Waals surface area contributed by atoms with E-state index in [1.165, 1.54) is 141 Å². The lowest BCUT2D eigenvalue weighted by Gasteiger charge is -2.10. The van der Waals surface area contributed by atoms with Crippen LogP contribution in [0.2, 0.25) is 0 Å². The van der Waals surface area contributed by atoms with Crippen molar-refractivity contribution in [3.05, 3.63) is 59.1 Å². The van der Waals surface area contributed by atoms with Crippen molar-refractivity contribution in [2.24, 2.45) is 0 Å². The number of rotatable bonds is 34. The van der Waals surface area contributed by atoms with E-state index in [2.05, 4.69) is 13.8 Å². The summed E-state index contributed by atoms with van der Waals surface area (Å²) in [6, 6.07) is 1.73. The van der Waals surface area contributed by atoms with Gasteiger partial charge in [0.2, 0.25) is 0 Å². The SMILES string of the molecule is CCCCCCCCCCCCCCCC=COC(=O)c1cc(C(=O)O)c(C(=O)O)cc1C(=O)OC=CCCCCCCCCCCCCCCC. The summed E-state index contributed by atoms with van der Waals surface area (Å²) in [4.78, 5) is 49.5. The van der Waals surface area contributed by atoms with Crippen molar-refractivity contribution in [1.29, 1.82) is 0 Å². The lowest BCUT2D eigenvalue weighted by atomic mass is 9.98. The second-order valence-electron chi connectivity index (χ2n) is 14.2. The standard InChI is InChI=1S/C44H70O8/c1-3-5-7-9-11-13-15-17-19-21-23-25-27-29-31-33-51-43(49)39-35-37(41(45)46)38(42(47)48)36-40(39)44(50)52-34-32-30-28-26-24-22-20-18-16-14-12-10-8-6-4-2/h31-36H,3-30H2,1-2H3,(H,45,46)(H,47,48). The third-order valence-corrected chi connectivity index (χ3v) is 9.55. The van der Waals surface area contributed by atoms with Crippen LogP contribution in [-0.2, 0) is 9.47 Å². The molecule has 0 spiro atoms. The van der Waals surface area contributed by atoms with Gasteiger partial charge in [0, 0.05) is 0 Å². The molecule has 0 aliphatic rings. The molecule has 0 saturated carbocycles. The lowest BCUT2D eigenvalue weighted by molar-refractivity contribution is 0.0612. The molecule has 8 nitrogen and oxygen atoms in total. The molecular weight excluding hydrogens is 656 g/mol. The summed E-state index contributed by atoms with van der Waals surface area (Å²) < 4.78 is 10.4. The van der Waals surface area contributed by atoms with Crippen LogP contribution in [-0.4, -0.2) is 34.1 Å². The molecule has 294 valence electrons. The molecule has 0 amide bonds. The van der Waals surface area contributed by atoms with Gasteiger partial charge in [-0.3, -0.25) is 0 Å². The Kier molecular flexibility index (Phi) is 28.9. The Balaban J connectivity index is 2.46. The Morgan fingerprint density at radius 1 is 0.423 bits per heavy atom. The Labute approximate surface area is 314 Å². The summed E-state index contributed by atoms with van der Waals surface area (Å²) in [5.41, 5.74) is -1.99. The van der Waals surface area contributed by atoms with Gasteiger partial charge < -0.3 is 19.7 Å². The monoisotopic (exact) mass is 727 g/mol. The molecule has 0 unspecified atom stereocenters. The number of benzene rings is 1. The first-order chi connectivity index (χ1) is 25.3. The van der Waals surface area contributed by atoms with Crippen LogP contribution in [0.15, 0.2) is 36.8 Å². The number of carboxylic acids is 2. The van der Waals surface area contributed by atoms with Crippen molar-refractivity contribution in [3.63, 3.8) is 0 Å². The largest absolute Gasteiger partial charge is 0.478 e. The zero-order valence-corrected chi connectivity index (χ0v) is 32.6. The number of carboxylic acid groups (broad SMARTS) is 2. The highest BCUT2D eigenvalue weighted by atomic mass is 16.5. The van der Waals surface area contributed by atoms with Gasteiger partial charge in [-0.1, -0.05) is 168 Å². The highest BCUT2D eigenvalue weighted by Crippen LogP contribution is 2.21. The van der Waals surface area contributed by atoms with Crippen LogP contribution in [0, 0.1) is 0 Å². The molecule has 0 atom stereocenters. The number of hydrogen-bond acceptors (Lipinski definition) is 6. The minimum absolute atomic E-state index is 0.372. The summed E-state index contributed by atoms with van der Waals surface area (Å²) in [5.74, 6) is -5.02. The van der Waals surface area contributed by atoms with Crippen LogP contribution in [0.5, 0.6) is 0 Å². The quantitative estimate of drug-likeness (QED) is 0.0408. The Morgan fingerprint density at radius 3 is 0.923 bits per heavy atom. The van der Waals surface area contributed by atoms with E-state index < -0.39 is 35.0 Å². The average molecular weight is 727 g/mol. The maximum Gasteiger partial charge on any atom is 0.343 e. The second-order valence-corrected chi connectivity index (χ2v) is 14.2. The predicted molar refractivity (Wildman–Crippen MR) is 210 cm³/mol. The summed E-state index contributed by atoms with van der Waals surface area (Å²) >= 11 is 0. The van der Waals surface area contributed by atoms with E-state index in [0.717, 1.165) is 50.7 Å². The van der Waals surface area contributed by atoms with Gasteiger partial charge in [-0.15, -0.1) is 0 Å². The summed E-state index contributed by atoms with van der Waals surface area (Å²) in [7, 11) is 0. The van der Waals surface area contributed by atoms with Gasteiger partial charge in [-0.2, -0.15) is 0 Å². The Hall–Kier alpha value is -3.42. The van der Waals surface area contributed by atoms with E-state index >= 15 is 0 Å². The fourth-order valence-electron chi connectivity index (χ4n) is 6.33. The van der Waals surface area contributed by atoms with E-state index in [0.29, 0.717) is 12.8 Å². The number of carbonyl (C=O) groups excluding carboxylic acids is 2. The third kappa shape index (κ3) is 23.2. The van der Waals surface area contributed by atoms with Crippen LogP contribution in [0.4, 0.5) is 0 Å². The first kappa shape index (κ1) is 46.6. The first-order valence-corrected chi connectivity index (χ1v) is 20.7. The highest BCUT2D eigenvalue weighted by molar-refractivity contribution is 6.09. The topological polar surface area (TPSA) is 127 Å². The number of carbonyl (C=O) groups is 4. The third-order valence-electron chi connectivity index (χ3n) is 9.55. The molecule has 0 aliphatic heterocycles. The van der Waals surface area contributed by atoms with E-state index in [-0.39, 0.29) is 11.1 Å². The van der Waals surface area contributed by atoms with Gasteiger partial charge in [-0.25, -0.2) is 19.2 Å². The van der Waals surface area contributed by atoms with Gasteiger partial charge in [-0.05, 0) is 50.0 Å². The maximum atomic E-state index is 13.0. The summed E-state index contributed by atoms with van der Waals surface area (Å²) in [6.07, 6.45) is 40.1. The van der Waals surface area contributed by atoms with Crippen LogP contribution < -0.4 is 0 Å². The molecule has 52 heavy (non-hydrogen) atoms. The fourth-order valence-corrected chi connectivity index (χ4v) is 6.33. The number of allylic oxidation sites excluding steroid dienone is 2. The van der Waals surface area contributed by atoms with Gasteiger partial charge >= 0.3 is 23.9 Å². The van der Waals surface area contributed by atoms with Gasteiger partial charge in [0.25, 0.3) is 0 Å². The number of unbranched alkanes of at least 4 members (excludes halogenated alkanes) is 26. The van der Waals surface area contributed by atoms with Gasteiger partial charge in [0.15, 0.2) is 0 Å².